The van der Waals surface area contributed by atoms with Gasteiger partial charge in [-0.25, -0.2) is 9.98 Å². The van der Waals surface area contributed by atoms with E-state index in [0.29, 0.717) is 23.6 Å². The number of carbonyl (C=O) groups excluding carboxylic acids is 1. The summed E-state index contributed by atoms with van der Waals surface area (Å²) in [5.41, 5.74) is 7.60. The number of rotatable bonds is 5. The van der Waals surface area contributed by atoms with E-state index in [-0.39, 0.29) is 18.0 Å². The second-order valence-electron chi connectivity index (χ2n) is 5.67. The molecule has 0 saturated carbocycles. The fourth-order valence-electron chi connectivity index (χ4n) is 2.46. The Balaban J connectivity index is 1.55. The van der Waals surface area contributed by atoms with Crippen molar-refractivity contribution in [1.29, 1.82) is 5.26 Å². The summed E-state index contributed by atoms with van der Waals surface area (Å²) < 4.78 is 5.13. The number of amides is 1. The van der Waals surface area contributed by atoms with Gasteiger partial charge in [-0.3, -0.25) is 4.79 Å². The van der Waals surface area contributed by atoms with Crippen molar-refractivity contribution in [2.75, 3.05) is 11.9 Å². The molecule has 0 saturated heterocycles. The van der Waals surface area contributed by atoms with Gasteiger partial charge in [0, 0.05) is 11.8 Å². The number of benzene rings is 1. The number of nitrogens with zero attached hydrogens (tertiary/aromatic N) is 3. The van der Waals surface area contributed by atoms with Crippen LogP contribution in [0.15, 0.2) is 47.6 Å². The van der Waals surface area contributed by atoms with E-state index in [1.54, 1.807) is 24.3 Å². The molecule has 1 aromatic heterocycles. The van der Waals surface area contributed by atoms with Crippen LogP contribution in [0.5, 0.6) is 0 Å². The minimum Gasteiger partial charge on any atom is -0.463 e. The molecule has 3 N–H and O–H groups in total. The van der Waals surface area contributed by atoms with Gasteiger partial charge in [-0.15, -0.1) is 0 Å². The smallest absolute Gasteiger partial charge is 0.282 e. The van der Waals surface area contributed by atoms with E-state index in [1.807, 2.05) is 18.2 Å². The van der Waals surface area contributed by atoms with Crippen LogP contribution in [0.4, 0.5) is 5.82 Å². The molecule has 0 spiro atoms. The number of nitrogens with two attached hydrogens (primary N) is 1. The molecular weight excluding hydrogens is 318 g/mol. The van der Waals surface area contributed by atoms with E-state index in [2.05, 4.69) is 15.3 Å². The molecule has 3 rings (SSSR count). The van der Waals surface area contributed by atoms with E-state index in [0.717, 1.165) is 18.4 Å². The SMILES string of the molecule is N#Cc1ccc(NC(=O)c2ccc(CCC3COC(N)=N3)cc2)nc1. The molecule has 1 aliphatic heterocycles. The maximum Gasteiger partial charge on any atom is 0.282 e. The van der Waals surface area contributed by atoms with Crippen LogP contribution in [0.2, 0.25) is 0 Å². The van der Waals surface area contributed by atoms with Crippen LogP contribution in [0, 0.1) is 11.3 Å². The third kappa shape index (κ3) is 4.32. The molecule has 1 amide bonds. The Morgan fingerprint density at radius 1 is 1.32 bits per heavy atom. The standard InChI is InChI=1S/C18H17N5O2/c19-9-13-4-8-16(21-10-13)23-17(24)14-5-1-12(2-6-14)3-7-15-11-25-18(20)22-15/h1-2,4-6,8,10,15H,3,7,11H2,(H2,20,22)(H,21,23,24). The molecule has 2 heterocycles. The summed E-state index contributed by atoms with van der Waals surface area (Å²) in [7, 11) is 0. The molecule has 25 heavy (non-hydrogen) atoms. The third-order valence-corrected chi connectivity index (χ3v) is 3.85. The highest BCUT2D eigenvalue weighted by atomic mass is 16.5. The Bertz CT molecular complexity index is 822. The topological polar surface area (TPSA) is 113 Å². The quantitative estimate of drug-likeness (QED) is 0.865. The number of aliphatic imine (C=N–C) groups is 1. The highest BCUT2D eigenvalue weighted by Gasteiger charge is 2.16. The van der Waals surface area contributed by atoms with E-state index in [4.69, 9.17) is 15.7 Å². The van der Waals surface area contributed by atoms with Crippen LogP contribution in [-0.4, -0.2) is 29.6 Å². The molecule has 7 heteroatoms. The molecule has 1 unspecified atom stereocenters. The predicted molar refractivity (Wildman–Crippen MR) is 93.0 cm³/mol. The molecule has 7 nitrogen and oxygen atoms in total. The van der Waals surface area contributed by atoms with E-state index >= 15 is 0 Å². The number of hydrogen-bond acceptors (Lipinski definition) is 6. The zero-order chi connectivity index (χ0) is 17.6. The average Bonchev–Trinajstić information content (AvgIpc) is 3.06. The summed E-state index contributed by atoms with van der Waals surface area (Å²) in [5, 5.41) is 11.4. The highest BCUT2D eigenvalue weighted by Crippen LogP contribution is 2.13. The van der Waals surface area contributed by atoms with Gasteiger partial charge in [0.05, 0.1) is 11.6 Å². The van der Waals surface area contributed by atoms with Crippen LogP contribution in [-0.2, 0) is 11.2 Å². The fourth-order valence-corrected chi connectivity index (χ4v) is 2.46. The minimum atomic E-state index is -0.245. The van der Waals surface area contributed by atoms with Crippen molar-refractivity contribution in [2.45, 2.75) is 18.9 Å². The van der Waals surface area contributed by atoms with Crippen molar-refractivity contribution in [3.63, 3.8) is 0 Å². The Labute approximate surface area is 145 Å². The van der Waals surface area contributed by atoms with Gasteiger partial charge in [0.15, 0.2) is 0 Å². The predicted octanol–water partition coefficient (Wildman–Crippen LogP) is 1.85. The number of carbonyl (C=O) groups is 1. The second-order valence-corrected chi connectivity index (χ2v) is 5.67. The first-order valence-corrected chi connectivity index (χ1v) is 7.86. The normalized spacial score (nSPS) is 15.8. The summed E-state index contributed by atoms with van der Waals surface area (Å²) in [6.07, 6.45) is 3.10. The molecule has 0 bridgehead atoms. The van der Waals surface area contributed by atoms with Crippen LogP contribution in [0.25, 0.3) is 0 Å². The molecule has 126 valence electrons. The van der Waals surface area contributed by atoms with Crippen molar-refractivity contribution in [3.05, 3.63) is 59.3 Å². The van der Waals surface area contributed by atoms with Crippen LogP contribution in [0.1, 0.15) is 27.9 Å². The first-order chi connectivity index (χ1) is 12.1. The number of aromatic nitrogens is 1. The minimum absolute atomic E-state index is 0.102. The number of anilines is 1. The maximum absolute atomic E-state index is 12.2. The number of nitriles is 1. The van der Waals surface area contributed by atoms with Gasteiger partial charge in [0.2, 0.25) is 0 Å². The van der Waals surface area contributed by atoms with Gasteiger partial charge < -0.3 is 15.8 Å². The first-order valence-electron chi connectivity index (χ1n) is 7.86. The second kappa shape index (κ2) is 7.45. The number of pyridine rings is 1. The number of aryl methyl sites for hydroxylation is 1. The molecule has 0 fully saturated rings. The molecule has 1 aliphatic rings. The lowest BCUT2D eigenvalue weighted by Gasteiger charge is -2.07. The van der Waals surface area contributed by atoms with E-state index in [9.17, 15) is 4.79 Å². The van der Waals surface area contributed by atoms with Crippen molar-refractivity contribution in [1.82, 2.24) is 4.98 Å². The molecule has 1 aromatic carbocycles. The number of amidine groups is 1. The third-order valence-electron chi connectivity index (χ3n) is 3.85. The Morgan fingerprint density at radius 2 is 2.12 bits per heavy atom. The molecule has 1 atom stereocenters. The van der Waals surface area contributed by atoms with Gasteiger partial charge in [-0.1, -0.05) is 12.1 Å². The monoisotopic (exact) mass is 335 g/mol. The summed E-state index contributed by atoms with van der Waals surface area (Å²) in [6.45, 7) is 0.532. The zero-order valence-corrected chi connectivity index (χ0v) is 13.5. The summed E-state index contributed by atoms with van der Waals surface area (Å²) in [6, 6.07) is 12.9. The largest absolute Gasteiger partial charge is 0.463 e. The fraction of sp³-hybridized carbons (Fsp3) is 0.222. The van der Waals surface area contributed by atoms with Crippen molar-refractivity contribution in [3.8, 4) is 6.07 Å². The van der Waals surface area contributed by atoms with Gasteiger partial charge in [0.1, 0.15) is 18.5 Å². The van der Waals surface area contributed by atoms with Crippen LogP contribution in [0.3, 0.4) is 0 Å². The molecule has 0 aliphatic carbocycles. The van der Waals surface area contributed by atoms with E-state index < -0.39 is 0 Å². The van der Waals surface area contributed by atoms with Crippen molar-refractivity contribution < 1.29 is 9.53 Å². The van der Waals surface area contributed by atoms with Gasteiger partial charge in [-0.2, -0.15) is 5.26 Å². The number of nitrogens with one attached hydrogen (secondary N) is 1. The summed E-state index contributed by atoms with van der Waals surface area (Å²) >= 11 is 0. The first kappa shape index (κ1) is 16.5. The van der Waals surface area contributed by atoms with Crippen molar-refractivity contribution in [2.24, 2.45) is 10.7 Å². The van der Waals surface area contributed by atoms with Gasteiger partial charge >= 0.3 is 0 Å². The zero-order valence-electron chi connectivity index (χ0n) is 13.5. The summed E-state index contributed by atoms with van der Waals surface area (Å²) in [5.74, 6) is 0.162. The Morgan fingerprint density at radius 3 is 2.72 bits per heavy atom. The molecule has 0 radical (unpaired) electrons. The van der Waals surface area contributed by atoms with Gasteiger partial charge in [-0.05, 0) is 42.7 Å². The highest BCUT2D eigenvalue weighted by molar-refractivity contribution is 6.03. The van der Waals surface area contributed by atoms with Crippen LogP contribution >= 0.6 is 0 Å². The lowest BCUT2D eigenvalue weighted by atomic mass is 10.0. The van der Waals surface area contributed by atoms with Crippen molar-refractivity contribution >= 4 is 17.7 Å². The Hall–Kier alpha value is -3.40. The molecule has 2 aromatic rings. The Kier molecular flexibility index (Phi) is 4.90. The number of hydrogen-bond donors (Lipinski definition) is 2. The number of ether oxygens (including phenoxy) is 1. The van der Waals surface area contributed by atoms with Gasteiger partial charge in [0.25, 0.3) is 11.9 Å². The molecular formula is C18H17N5O2. The lowest BCUT2D eigenvalue weighted by molar-refractivity contribution is 0.102. The average molecular weight is 335 g/mol. The maximum atomic E-state index is 12.2. The van der Waals surface area contributed by atoms with Crippen LogP contribution < -0.4 is 11.1 Å². The lowest BCUT2D eigenvalue weighted by Crippen LogP contribution is -2.13. The van der Waals surface area contributed by atoms with E-state index in [1.165, 1.54) is 6.20 Å². The summed E-state index contributed by atoms with van der Waals surface area (Å²) in [4.78, 5) is 20.4.